The number of carbonyl (C=O) groups excluding carboxylic acids is 4. The lowest BCUT2D eigenvalue weighted by molar-refractivity contribution is 0.0980. The molecule has 12 nitrogen and oxygen atoms in total. The van der Waals surface area contributed by atoms with Gasteiger partial charge in [-0.2, -0.15) is 0 Å². The third-order valence-electron chi connectivity index (χ3n) is 9.83. The van der Waals surface area contributed by atoms with Crippen LogP contribution in [0.25, 0.3) is 0 Å². The van der Waals surface area contributed by atoms with Gasteiger partial charge in [-0.25, -0.2) is 16.8 Å². The molecule has 8 rings (SSSR count). The summed E-state index contributed by atoms with van der Waals surface area (Å²) in [6.45, 7) is 3.85. The van der Waals surface area contributed by atoms with Crippen molar-refractivity contribution in [2.24, 2.45) is 0 Å². The zero-order valence-electron chi connectivity index (χ0n) is 31.6. The van der Waals surface area contributed by atoms with E-state index in [1.165, 1.54) is 18.2 Å². The van der Waals surface area contributed by atoms with Crippen LogP contribution in [0.3, 0.4) is 0 Å². The van der Waals surface area contributed by atoms with Crippen molar-refractivity contribution in [2.45, 2.75) is 23.6 Å². The van der Waals surface area contributed by atoms with E-state index >= 15 is 0 Å². The highest BCUT2D eigenvalue weighted by molar-refractivity contribution is 7.91. The maximum atomic E-state index is 13.2. The van der Waals surface area contributed by atoms with Crippen LogP contribution in [0.5, 0.6) is 0 Å². The number of aryl methyl sites for hydroxylation is 2. The molecular formula is C44H36N4O8S2. The third kappa shape index (κ3) is 7.03. The molecule has 0 unspecified atom stereocenters. The van der Waals surface area contributed by atoms with Crippen molar-refractivity contribution >= 4 is 76.9 Å². The third-order valence-corrected chi connectivity index (χ3v) is 12.1. The Morgan fingerprint density at radius 2 is 0.810 bits per heavy atom. The highest BCUT2D eigenvalue weighted by Gasteiger charge is 2.37. The fourth-order valence-electron chi connectivity index (χ4n) is 7.07. The molecule has 292 valence electrons. The minimum Gasteiger partial charge on any atom is -0.397 e. The maximum Gasteiger partial charge on any atom is 0.196 e. The van der Waals surface area contributed by atoms with Crippen LogP contribution in [-0.2, 0) is 19.7 Å². The Bertz CT molecular complexity index is 3010. The Kier molecular flexibility index (Phi) is 9.87. The number of fused-ring (bicyclic) bond motifs is 4. The van der Waals surface area contributed by atoms with Crippen molar-refractivity contribution in [1.82, 2.24) is 0 Å². The zero-order chi connectivity index (χ0) is 41.8. The van der Waals surface area contributed by atoms with Crippen molar-refractivity contribution in [1.29, 1.82) is 0 Å². The van der Waals surface area contributed by atoms with E-state index in [1.807, 2.05) is 44.2 Å². The summed E-state index contributed by atoms with van der Waals surface area (Å²) in [6.07, 6.45) is 2.04. The second-order valence-corrected chi connectivity index (χ2v) is 18.1. The molecule has 58 heavy (non-hydrogen) atoms. The number of anilines is 6. The van der Waals surface area contributed by atoms with Crippen LogP contribution in [-0.4, -0.2) is 52.5 Å². The summed E-state index contributed by atoms with van der Waals surface area (Å²) in [6, 6.07) is 30.3. The monoisotopic (exact) mass is 812 g/mol. The topological polar surface area (TPSA) is 213 Å². The van der Waals surface area contributed by atoms with E-state index < -0.39 is 31.2 Å². The number of rotatable bonds is 6. The number of benzene rings is 6. The van der Waals surface area contributed by atoms with Crippen LogP contribution in [0.1, 0.15) is 74.8 Å². The van der Waals surface area contributed by atoms with Crippen molar-refractivity contribution in [3.63, 3.8) is 0 Å². The SMILES string of the molecule is Cc1ccc(Nc2cc(S(C)(=O)=O)c(N)c3c2C(=O)c2ccccc2C3=O)cc1.Cc1cccc(Nc2cc(S(C)(=O)=O)c(N)c3c2C(=O)c2ccccc2C3=O)c1. The van der Waals surface area contributed by atoms with Crippen molar-refractivity contribution in [2.75, 3.05) is 34.6 Å². The molecule has 0 aliphatic heterocycles. The van der Waals surface area contributed by atoms with Crippen LogP contribution in [0, 0.1) is 13.8 Å². The van der Waals surface area contributed by atoms with E-state index in [0.717, 1.165) is 23.6 Å². The lowest BCUT2D eigenvalue weighted by Crippen LogP contribution is -2.25. The van der Waals surface area contributed by atoms with Gasteiger partial charge < -0.3 is 22.1 Å². The lowest BCUT2D eigenvalue weighted by Gasteiger charge is -2.24. The van der Waals surface area contributed by atoms with Gasteiger partial charge in [0, 0.05) is 46.1 Å². The van der Waals surface area contributed by atoms with Gasteiger partial charge in [0.05, 0.1) is 54.8 Å². The molecular weight excluding hydrogens is 777 g/mol. The average molecular weight is 813 g/mol. The predicted octanol–water partition coefficient (Wildman–Crippen LogP) is 7.00. The number of nitrogens with one attached hydrogen (secondary N) is 2. The van der Waals surface area contributed by atoms with Gasteiger partial charge in [0.2, 0.25) is 0 Å². The Labute approximate surface area is 334 Å². The molecule has 0 saturated carbocycles. The molecule has 0 saturated heterocycles. The number of hydrogen-bond acceptors (Lipinski definition) is 12. The van der Waals surface area contributed by atoms with Crippen LogP contribution < -0.4 is 22.1 Å². The first-order valence-corrected chi connectivity index (χ1v) is 21.5. The summed E-state index contributed by atoms with van der Waals surface area (Å²) >= 11 is 0. The first-order valence-electron chi connectivity index (χ1n) is 17.7. The highest BCUT2D eigenvalue weighted by Crippen LogP contribution is 2.42. The lowest BCUT2D eigenvalue weighted by atomic mass is 9.82. The maximum absolute atomic E-state index is 13.2. The minimum absolute atomic E-state index is 0.0771. The molecule has 2 aliphatic rings. The molecule has 0 amide bonds. The standard InChI is InChI=1S/2C22H18N2O4S/c1-12-6-5-7-13(10-12)24-16-11-17(29(2,27)28)20(23)19-18(16)21(25)14-8-3-4-9-15(14)22(19)26;1-12-7-9-13(10-8-12)24-16-11-17(29(2,27)28)20(23)19-18(16)21(25)14-5-3-4-6-15(14)22(19)26/h2*3-11,24H,23H2,1-2H3. The van der Waals surface area contributed by atoms with E-state index in [4.69, 9.17) is 11.5 Å². The predicted molar refractivity (Wildman–Crippen MR) is 223 cm³/mol. The molecule has 14 heteroatoms. The molecule has 0 aromatic heterocycles. The molecule has 0 heterocycles. The zero-order valence-corrected chi connectivity index (χ0v) is 33.3. The van der Waals surface area contributed by atoms with E-state index in [9.17, 15) is 36.0 Å². The number of sulfone groups is 2. The summed E-state index contributed by atoms with van der Waals surface area (Å²) in [4.78, 5) is 52.4. The van der Waals surface area contributed by atoms with Crippen LogP contribution in [0.15, 0.2) is 119 Å². The first-order chi connectivity index (χ1) is 27.4. The molecule has 2 aliphatic carbocycles. The van der Waals surface area contributed by atoms with Gasteiger partial charge in [-0.1, -0.05) is 78.4 Å². The van der Waals surface area contributed by atoms with E-state index in [-0.39, 0.29) is 88.6 Å². The molecule has 0 atom stereocenters. The highest BCUT2D eigenvalue weighted by atomic mass is 32.2. The summed E-state index contributed by atoms with van der Waals surface area (Å²) < 4.78 is 49.3. The Morgan fingerprint density at radius 3 is 1.19 bits per heavy atom. The van der Waals surface area contributed by atoms with E-state index in [0.29, 0.717) is 11.4 Å². The molecule has 6 aromatic carbocycles. The van der Waals surface area contributed by atoms with Crippen LogP contribution in [0.2, 0.25) is 0 Å². The van der Waals surface area contributed by atoms with E-state index in [1.54, 1.807) is 60.7 Å². The van der Waals surface area contributed by atoms with Gasteiger partial charge in [0.15, 0.2) is 42.8 Å². The number of nitrogens with two attached hydrogens (primary N) is 2. The molecule has 0 bridgehead atoms. The fourth-order valence-corrected chi connectivity index (χ4v) is 8.74. The van der Waals surface area contributed by atoms with Gasteiger partial charge in [-0.05, 0) is 55.8 Å². The van der Waals surface area contributed by atoms with Gasteiger partial charge >= 0.3 is 0 Å². The summed E-state index contributed by atoms with van der Waals surface area (Å²) in [5.41, 5.74) is 16.6. The van der Waals surface area contributed by atoms with Gasteiger partial charge in [0.1, 0.15) is 0 Å². The molecule has 0 radical (unpaired) electrons. The molecule has 6 aromatic rings. The number of carbonyl (C=O) groups is 4. The van der Waals surface area contributed by atoms with E-state index in [2.05, 4.69) is 10.6 Å². The second kappa shape index (κ2) is 14.6. The summed E-state index contributed by atoms with van der Waals surface area (Å²) in [5, 5.41) is 6.19. The second-order valence-electron chi connectivity index (χ2n) is 14.1. The van der Waals surface area contributed by atoms with Crippen molar-refractivity contribution in [3.05, 3.63) is 165 Å². The summed E-state index contributed by atoms with van der Waals surface area (Å²) in [7, 11) is -7.47. The fraction of sp³-hybridized carbons (Fsp3) is 0.0909. The van der Waals surface area contributed by atoms with Gasteiger partial charge in [-0.15, -0.1) is 0 Å². The Morgan fingerprint density at radius 1 is 0.431 bits per heavy atom. The van der Waals surface area contributed by atoms with Crippen LogP contribution in [0.4, 0.5) is 34.1 Å². The van der Waals surface area contributed by atoms with Crippen LogP contribution >= 0.6 is 0 Å². The number of ketones is 4. The quantitative estimate of drug-likeness (QED) is 0.125. The molecule has 0 fully saturated rings. The Hall–Kier alpha value is -6.90. The average Bonchev–Trinajstić information content (AvgIpc) is 3.17. The largest absolute Gasteiger partial charge is 0.397 e. The first kappa shape index (κ1) is 39.3. The normalized spacial score (nSPS) is 13.0. The molecule has 0 spiro atoms. The number of nitrogen functional groups attached to an aromatic ring is 2. The summed E-state index contributed by atoms with van der Waals surface area (Å²) in [5.74, 6) is -1.69. The van der Waals surface area contributed by atoms with Gasteiger partial charge in [0.25, 0.3) is 0 Å². The smallest absolute Gasteiger partial charge is 0.196 e. The molecule has 6 N–H and O–H groups in total. The van der Waals surface area contributed by atoms with Gasteiger partial charge in [-0.3, -0.25) is 19.2 Å². The minimum atomic E-state index is -3.74. The van der Waals surface area contributed by atoms with Crippen molar-refractivity contribution in [3.8, 4) is 0 Å². The Balaban J connectivity index is 0.000000177. The van der Waals surface area contributed by atoms with Crippen molar-refractivity contribution < 1.29 is 36.0 Å². The number of hydrogen-bond donors (Lipinski definition) is 4.